The third kappa shape index (κ3) is 3.54. The smallest absolute Gasteiger partial charge is 0.293 e. The summed E-state index contributed by atoms with van der Waals surface area (Å²) in [5.74, 6) is -0.254. The Hall–Kier alpha value is -1.59. The molecule has 0 aliphatic carbocycles. The minimum atomic E-state index is -0.254. The number of amides is 2. The number of imide groups is 1. The summed E-state index contributed by atoms with van der Waals surface area (Å²) in [5, 5.41) is -0.247. The second-order valence-corrected chi connectivity index (χ2v) is 6.99. The Balaban J connectivity index is 2.21. The van der Waals surface area contributed by atoms with Gasteiger partial charge in [-0.05, 0) is 34.4 Å². The Morgan fingerprint density at radius 3 is 2.33 bits per heavy atom. The van der Waals surface area contributed by atoms with Crippen LogP contribution in [0.4, 0.5) is 4.79 Å². The topological polar surface area (TPSA) is 63.4 Å². The van der Waals surface area contributed by atoms with Crippen molar-refractivity contribution in [2.45, 2.75) is 26.2 Å². The first-order chi connectivity index (χ1) is 9.82. The second kappa shape index (κ2) is 6.03. The van der Waals surface area contributed by atoms with Gasteiger partial charge in [0, 0.05) is 13.1 Å². The maximum atomic E-state index is 12.1. The van der Waals surface area contributed by atoms with Gasteiger partial charge < -0.3 is 5.73 Å². The van der Waals surface area contributed by atoms with Crippen LogP contribution in [0.25, 0.3) is 6.08 Å². The number of carbonyl (C=O) groups is 2. The molecule has 0 spiro atoms. The number of carbonyl (C=O) groups excluding carboxylic acids is 2. The van der Waals surface area contributed by atoms with E-state index in [-0.39, 0.29) is 29.7 Å². The Morgan fingerprint density at radius 2 is 1.81 bits per heavy atom. The third-order valence-corrected chi connectivity index (χ3v) is 4.21. The molecule has 2 rings (SSSR count). The fourth-order valence-electron chi connectivity index (χ4n) is 2.05. The lowest BCUT2D eigenvalue weighted by molar-refractivity contribution is -0.122. The standard InChI is InChI=1S/C16H20N2O2S/c1-16(2,3)12-6-4-11(5-7-12)10-13-14(19)18(9-8-17)15(20)21-13/h4-7,10H,8-9,17H2,1-3H3. The number of nitrogens with two attached hydrogens (primary N) is 1. The zero-order valence-electron chi connectivity index (χ0n) is 12.6. The zero-order chi connectivity index (χ0) is 15.6. The van der Waals surface area contributed by atoms with Crippen LogP contribution in [-0.2, 0) is 10.2 Å². The van der Waals surface area contributed by atoms with Crippen LogP contribution in [0.3, 0.4) is 0 Å². The molecule has 1 fully saturated rings. The van der Waals surface area contributed by atoms with E-state index < -0.39 is 0 Å². The molecule has 0 saturated carbocycles. The zero-order valence-corrected chi connectivity index (χ0v) is 13.4. The SMILES string of the molecule is CC(C)(C)c1ccc(C=C2SC(=O)N(CCN)C2=O)cc1. The summed E-state index contributed by atoms with van der Waals surface area (Å²) >= 11 is 0.969. The molecule has 1 saturated heterocycles. The van der Waals surface area contributed by atoms with Gasteiger partial charge in [0.25, 0.3) is 11.1 Å². The summed E-state index contributed by atoms with van der Waals surface area (Å²) < 4.78 is 0. The van der Waals surface area contributed by atoms with Crippen molar-refractivity contribution in [2.75, 3.05) is 13.1 Å². The molecule has 21 heavy (non-hydrogen) atoms. The molecule has 0 atom stereocenters. The molecule has 1 aromatic carbocycles. The van der Waals surface area contributed by atoms with Crippen LogP contribution in [0.15, 0.2) is 29.2 Å². The number of hydrogen-bond donors (Lipinski definition) is 1. The van der Waals surface area contributed by atoms with Crippen LogP contribution < -0.4 is 5.73 Å². The number of nitrogens with zero attached hydrogens (tertiary/aromatic N) is 1. The van der Waals surface area contributed by atoms with Crippen molar-refractivity contribution in [1.82, 2.24) is 4.90 Å². The first-order valence-corrected chi connectivity index (χ1v) is 7.70. The van der Waals surface area contributed by atoms with Gasteiger partial charge in [0.05, 0.1) is 4.91 Å². The molecule has 1 heterocycles. The summed E-state index contributed by atoms with van der Waals surface area (Å²) in [4.78, 5) is 25.5. The predicted octanol–water partition coefficient (Wildman–Crippen LogP) is 2.98. The van der Waals surface area contributed by atoms with E-state index in [1.807, 2.05) is 12.1 Å². The Labute approximate surface area is 129 Å². The number of hydrogen-bond acceptors (Lipinski definition) is 4. The van der Waals surface area contributed by atoms with Gasteiger partial charge in [0.2, 0.25) is 0 Å². The molecule has 112 valence electrons. The lowest BCUT2D eigenvalue weighted by atomic mass is 9.87. The van der Waals surface area contributed by atoms with E-state index in [0.717, 1.165) is 17.3 Å². The quantitative estimate of drug-likeness (QED) is 0.872. The van der Waals surface area contributed by atoms with E-state index in [9.17, 15) is 9.59 Å². The van der Waals surface area contributed by atoms with Gasteiger partial charge in [-0.15, -0.1) is 0 Å². The first kappa shape index (κ1) is 15.8. The first-order valence-electron chi connectivity index (χ1n) is 6.89. The lowest BCUT2D eigenvalue weighted by Gasteiger charge is -2.18. The van der Waals surface area contributed by atoms with Crippen LogP contribution in [-0.4, -0.2) is 29.1 Å². The van der Waals surface area contributed by atoms with Crippen molar-refractivity contribution in [3.63, 3.8) is 0 Å². The third-order valence-electron chi connectivity index (χ3n) is 3.30. The Kier molecular flexibility index (Phi) is 4.54. The number of benzene rings is 1. The van der Waals surface area contributed by atoms with Gasteiger partial charge in [-0.25, -0.2) is 0 Å². The Morgan fingerprint density at radius 1 is 1.19 bits per heavy atom. The maximum Gasteiger partial charge on any atom is 0.293 e. The highest BCUT2D eigenvalue weighted by atomic mass is 32.2. The molecule has 0 unspecified atom stereocenters. The van der Waals surface area contributed by atoms with Crippen molar-refractivity contribution in [2.24, 2.45) is 5.73 Å². The van der Waals surface area contributed by atoms with Crippen molar-refractivity contribution >= 4 is 29.0 Å². The van der Waals surface area contributed by atoms with E-state index in [2.05, 4.69) is 32.9 Å². The van der Waals surface area contributed by atoms with E-state index in [4.69, 9.17) is 5.73 Å². The van der Waals surface area contributed by atoms with Gasteiger partial charge in [-0.3, -0.25) is 14.5 Å². The van der Waals surface area contributed by atoms with Crippen molar-refractivity contribution in [3.05, 3.63) is 40.3 Å². The molecule has 2 amide bonds. The largest absolute Gasteiger partial charge is 0.329 e. The van der Waals surface area contributed by atoms with E-state index in [1.165, 1.54) is 10.5 Å². The summed E-state index contributed by atoms with van der Waals surface area (Å²) in [7, 11) is 0. The van der Waals surface area contributed by atoms with Crippen LogP contribution in [0, 0.1) is 0 Å². The summed E-state index contributed by atoms with van der Waals surface area (Å²) in [6.07, 6.45) is 1.76. The Bertz CT molecular complexity index is 585. The molecule has 0 radical (unpaired) electrons. The monoisotopic (exact) mass is 304 g/mol. The summed E-state index contributed by atoms with van der Waals surface area (Å²) in [5.41, 5.74) is 7.66. The second-order valence-electron chi connectivity index (χ2n) is 5.99. The van der Waals surface area contributed by atoms with Crippen LogP contribution in [0.2, 0.25) is 0 Å². The van der Waals surface area contributed by atoms with Crippen molar-refractivity contribution in [1.29, 1.82) is 0 Å². The molecule has 5 heteroatoms. The van der Waals surface area contributed by atoms with E-state index >= 15 is 0 Å². The van der Waals surface area contributed by atoms with Gasteiger partial charge in [0.15, 0.2) is 0 Å². The highest BCUT2D eigenvalue weighted by Crippen LogP contribution is 2.32. The van der Waals surface area contributed by atoms with E-state index in [1.54, 1.807) is 6.08 Å². The minimum Gasteiger partial charge on any atom is -0.329 e. The predicted molar refractivity (Wildman–Crippen MR) is 86.9 cm³/mol. The van der Waals surface area contributed by atoms with Gasteiger partial charge in [0.1, 0.15) is 0 Å². The average Bonchev–Trinajstić information content (AvgIpc) is 2.66. The molecule has 0 bridgehead atoms. The molecule has 1 aromatic rings. The van der Waals surface area contributed by atoms with Gasteiger partial charge >= 0.3 is 0 Å². The number of rotatable bonds is 3. The molecular formula is C16H20N2O2S. The van der Waals surface area contributed by atoms with Crippen LogP contribution in [0.1, 0.15) is 31.9 Å². The fraction of sp³-hybridized carbons (Fsp3) is 0.375. The number of thioether (sulfide) groups is 1. The summed E-state index contributed by atoms with van der Waals surface area (Å²) in [6, 6.07) is 8.04. The molecular weight excluding hydrogens is 284 g/mol. The molecule has 1 aliphatic rings. The normalized spacial score (nSPS) is 17.9. The molecule has 1 aliphatic heterocycles. The summed E-state index contributed by atoms with van der Waals surface area (Å²) in [6.45, 7) is 7.01. The van der Waals surface area contributed by atoms with Gasteiger partial charge in [-0.1, -0.05) is 45.0 Å². The van der Waals surface area contributed by atoms with Crippen molar-refractivity contribution in [3.8, 4) is 0 Å². The molecule has 0 aromatic heterocycles. The van der Waals surface area contributed by atoms with Crippen LogP contribution >= 0.6 is 11.8 Å². The highest BCUT2D eigenvalue weighted by Gasteiger charge is 2.34. The van der Waals surface area contributed by atoms with Gasteiger partial charge in [-0.2, -0.15) is 0 Å². The minimum absolute atomic E-state index is 0.0947. The van der Waals surface area contributed by atoms with Crippen molar-refractivity contribution < 1.29 is 9.59 Å². The maximum absolute atomic E-state index is 12.1. The lowest BCUT2D eigenvalue weighted by Crippen LogP contribution is -2.33. The van der Waals surface area contributed by atoms with Crippen LogP contribution in [0.5, 0.6) is 0 Å². The molecule has 2 N–H and O–H groups in total. The molecule has 4 nitrogen and oxygen atoms in total. The highest BCUT2D eigenvalue weighted by molar-refractivity contribution is 8.18. The average molecular weight is 304 g/mol. The fourth-order valence-corrected chi connectivity index (χ4v) is 2.92. The van der Waals surface area contributed by atoms with E-state index in [0.29, 0.717) is 4.91 Å².